The number of thioether (sulfide) groups is 2. The van der Waals surface area contributed by atoms with Gasteiger partial charge in [0, 0.05) is 46.8 Å². The molecule has 3 atom stereocenters. The fourth-order valence-corrected chi connectivity index (χ4v) is 8.70. The number of aromatic hydroxyl groups is 1. The van der Waals surface area contributed by atoms with E-state index in [0.717, 1.165) is 44.8 Å². The molecule has 0 amide bonds. The maximum absolute atomic E-state index is 12.9. The van der Waals surface area contributed by atoms with Crippen LogP contribution in [0.4, 0.5) is 11.4 Å². The molecule has 0 radical (unpaired) electrons. The van der Waals surface area contributed by atoms with Crippen LogP contribution in [-0.4, -0.2) is 55.7 Å². The number of imidazole rings is 1. The number of carboxylic acids is 1. The molecule has 7 rings (SSSR count). The Morgan fingerprint density at radius 2 is 2.27 bits per heavy atom. The van der Waals surface area contributed by atoms with Crippen molar-refractivity contribution in [2.75, 3.05) is 11.9 Å². The van der Waals surface area contributed by atoms with Gasteiger partial charge in [-0.15, -0.1) is 11.8 Å². The number of carbonyl (C=O) groups is 2. The Hall–Kier alpha value is -3.35. The monoisotopic (exact) mass is 534 g/mol. The number of phenolic OH excluding ortho intramolecular Hbond substituents is 1. The van der Waals surface area contributed by atoms with Crippen LogP contribution in [0.2, 0.25) is 0 Å². The van der Waals surface area contributed by atoms with E-state index >= 15 is 0 Å². The average molecular weight is 535 g/mol. The van der Waals surface area contributed by atoms with E-state index in [1.807, 2.05) is 6.21 Å². The van der Waals surface area contributed by atoms with E-state index < -0.39 is 17.4 Å². The van der Waals surface area contributed by atoms with Gasteiger partial charge < -0.3 is 25.8 Å². The Bertz CT molecular complexity index is 1670. The second kappa shape index (κ2) is 7.83. The van der Waals surface area contributed by atoms with Gasteiger partial charge in [0.05, 0.1) is 23.1 Å². The summed E-state index contributed by atoms with van der Waals surface area (Å²) in [6.07, 6.45) is 8.33. The van der Waals surface area contributed by atoms with E-state index in [-0.39, 0.29) is 23.3 Å². The molecular weight excluding hydrogens is 512 g/mol. The predicted octanol–water partition coefficient (Wildman–Crippen LogP) is 1.24. The Balaban J connectivity index is 1.44. The number of carboxylic acid groups (broad SMARTS) is 1. The molecule has 12 heteroatoms. The number of anilines is 1. The molecule has 2 aromatic rings. The molecule has 5 N–H and O–H groups in total. The normalized spacial score (nSPS) is 25.0. The van der Waals surface area contributed by atoms with E-state index in [1.54, 1.807) is 41.9 Å². The highest BCUT2D eigenvalue weighted by molar-refractivity contribution is 8.05. The largest absolute Gasteiger partial charge is 0.504 e. The summed E-state index contributed by atoms with van der Waals surface area (Å²) in [5.41, 5.74) is 9.26. The van der Waals surface area contributed by atoms with Crippen LogP contribution in [0.15, 0.2) is 43.3 Å². The number of nitrogens with two attached hydrogens (primary N) is 1. The van der Waals surface area contributed by atoms with E-state index in [0.29, 0.717) is 28.2 Å². The summed E-state index contributed by atoms with van der Waals surface area (Å²) in [5, 5.41) is 26.1. The molecule has 1 saturated heterocycles. The lowest BCUT2D eigenvalue weighted by Crippen LogP contribution is -2.42. The lowest BCUT2D eigenvalue weighted by molar-refractivity contribution is -0.138. The number of nitrogens with zero attached hydrogens (tertiary/aromatic N) is 4. The average Bonchev–Trinajstić information content (AvgIpc) is 3.53. The first-order chi connectivity index (χ1) is 17.8. The first-order valence-electron chi connectivity index (χ1n) is 11.9. The summed E-state index contributed by atoms with van der Waals surface area (Å²) in [5.74, 6) is -1.14. The minimum Gasteiger partial charge on any atom is -0.504 e. The van der Waals surface area contributed by atoms with Gasteiger partial charge in [0.2, 0.25) is 0 Å². The van der Waals surface area contributed by atoms with E-state index in [9.17, 15) is 19.8 Å². The van der Waals surface area contributed by atoms with Crippen LogP contribution in [0.3, 0.4) is 0 Å². The molecule has 2 bridgehead atoms. The maximum Gasteiger partial charge on any atom is 0.320 e. The highest BCUT2D eigenvalue weighted by atomic mass is 32.2. The standard InChI is InChI=1S/C25H22N6O4S2/c1-31-9-29-23(13(31)6-12(26)24(34)35)37-15-5-11(32)4-14-25(15)7-16(36-14)30-21-18(25)19-17-10(2-3-27-19)8-28-20(17)22(21)33/h4-5,8-9,12,16,27,33H,2-3,6-7,26H2,1H3,(H,34,35)/t12-,16+,25+/m0/s1. The zero-order valence-electron chi connectivity index (χ0n) is 19.7. The third-order valence-corrected chi connectivity index (χ3v) is 10.1. The first-order valence-corrected chi connectivity index (χ1v) is 13.6. The Kier molecular flexibility index (Phi) is 4.83. The van der Waals surface area contributed by atoms with Gasteiger partial charge in [0.1, 0.15) is 27.5 Å². The summed E-state index contributed by atoms with van der Waals surface area (Å²) in [4.78, 5) is 40.0. The molecular formula is C25H22N6O4S2. The van der Waals surface area contributed by atoms with Crippen LogP contribution in [0.1, 0.15) is 24.1 Å². The fraction of sp³-hybridized carbons (Fsp3) is 0.320. The summed E-state index contributed by atoms with van der Waals surface area (Å²) >= 11 is 2.91. The SMILES string of the molecule is Cn1cnc(SC2=CC(=O)C=C3S[C@@H]4C[C@]23c2c3c5c(c(O)c2=N4)N=CC=5CCN3)c1C[C@H](N)C(=O)O. The second-order valence-electron chi connectivity index (χ2n) is 9.72. The number of carbonyl (C=O) groups excluding carboxylic acids is 1. The third kappa shape index (κ3) is 3.09. The van der Waals surface area contributed by atoms with Crippen molar-refractivity contribution in [3.63, 3.8) is 0 Å². The number of allylic oxidation sites excluding steroid dienone is 4. The smallest absolute Gasteiger partial charge is 0.320 e. The number of aryl methyl sites for hydroxylation is 1. The summed E-state index contributed by atoms with van der Waals surface area (Å²) < 4.78 is 1.77. The summed E-state index contributed by atoms with van der Waals surface area (Å²) in [6, 6.07) is -1.08. The first kappa shape index (κ1) is 22.8. The molecule has 37 heavy (non-hydrogen) atoms. The quantitative estimate of drug-likeness (QED) is 0.415. The number of aliphatic imine (C=N–C) groups is 1. The van der Waals surface area contributed by atoms with Gasteiger partial charge in [-0.2, -0.15) is 0 Å². The number of rotatable bonds is 5. The minimum absolute atomic E-state index is 0.0711. The topological polar surface area (TPSA) is 155 Å². The molecule has 4 aliphatic heterocycles. The fourth-order valence-electron chi connectivity index (χ4n) is 5.87. The Labute approximate surface area is 219 Å². The van der Waals surface area contributed by atoms with E-state index in [2.05, 4.69) is 15.3 Å². The molecule has 1 fully saturated rings. The van der Waals surface area contributed by atoms with E-state index in [1.165, 1.54) is 11.8 Å². The zero-order chi connectivity index (χ0) is 25.6. The molecule has 5 aliphatic rings. The van der Waals surface area contributed by atoms with Crippen molar-refractivity contribution in [2.45, 2.75) is 41.1 Å². The van der Waals surface area contributed by atoms with Crippen molar-refractivity contribution < 1.29 is 19.8 Å². The van der Waals surface area contributed by atoms with Crippen molar-refractivity contribution in [3.05, 3.63) is 50.1 Å². The second-order valence-corrected chi connectivity index (χ2v) is 12.0. The van der Waals surface area contributed by atoms with Crippen LogP contribution >= 0.6 is 23.5 Å². The molecule has 1 aromatic heterocycles. The number of hydrogen-bond donors (Lipinski definition) is 4. The number of fused-ring (bicyclic) bond motifs is 3. The predicted molar refractivity (Wildman–Crippen MR) is 141 cm³/mol. The zero-order valence-corrected chi connectivity index (χ0v) is 21.3. The van der Waals surface area contributed by atoms with Gasteiger partial charge in [0.25, 0.3) is 0 Å². The molecule has 188 valence electrons. The van der Waals surface area contributed by atoms with Crippen molar-refractivity contribution >= 4 is 58.4 Å². The van der Waals surface area contributed by atoms with Crippen LogP contribution in [0.5, 0.6) is 5.75 Å². The van der Waals surface area contributed by atoms with Crippen molar-refractivity contribution in [2.24, 2.45) is 22.8 Å². The third-order valence-electron chi connectivity index (χ3n) is 7.58. The molecule has 5 heterocycles. The number of nitrogens with one attached hydrogen (secondary N) is 1. The number of ketones is 1. The summed E-state index contributed by atoms with van der Waals surface area (Å²) in [6.45, 7) is 0.735. The van der Waals surface area contributed by atoms with Gasteiger partial charge in [-0.3, -0.25) is 19.6 Å². The van der Waals surface area contributed by atoms with Gasteiger partial charge >= 0.3 is 5.97 Å². The minimum atomic E-state index is -1.09. The van der Waals surface area contributed by atoms with Crippen molar-refractivity contribution in [3.8, 4) is 5.75 Å². The van der Waals surface area contributed by atoms with Crippen molar-refractivity contribution in [1.82, 2.24) is 9.55 Å². The molecule has 1 spiro atoms. The van der Waals surface area contributed by atoms with Gasteiger partial charge in [-0.25, -0.2) is 4.98 Å². The molecule has 0 saturated carbocycles. The van der Waals surface area contributed by atoms with E-state index in [4.69, 9.17) is 10.7 Å². The number of hydrogen-bond acceptors (Lipinski definition) is 10. The number of phenols is 1. The van der Waals surface area contributed by atoms with Gasteiger partial charge in [-0.05, 0) is 30.6 Å². The van der Waals surface area contributed by atoms with Gasteiger partial charge in [0.15, 0.2) is 11.5 Å². The van der Waals surface area contributed by atoms with Crippen molar-refractivity contribution in [1.29, 1.82) is 0 Å². The molecule has 10 nitrogen and oxygen atoms in total. The lowest BCUT2D eigenvalue weighted by atomic mass is 9.71. The molecule has 1 aliphatic carbocycles. The number of benzene rings is 1. The number of aliphatic carboxylic acids is 1. The lowest BCUT2D eigenvalue weighted by Gasteiger charge is -2.38. The van der Waals surface area contributed by atoms with Crippen LogP contribution in [0.25, 0.3) is 5.57 Å². The Morgan fingerprint density at radius 3 is 3.08 bits per heavy atom. The molecule has 0 unspecified atom stereocenters. The molecule has 1 aromatic carbocycles. The maximum atomic E-state index is 12.9. The summed E-state index contributed by atoms with van der Waals surface area (Å²) in [7, 11) is 1.80. The van der Waals surface area contributed by atoms with Crippen LogP contribution in [-0.2, 0) is 28.5 Å². The van der Waals surface area contributed by atoms with Gasteiger partial charge in [-0.1, -0.05) is 11.8 Å². The highest BCUT2D eigenvalue weighted by Gasteiger charge is 2.55. The van der Waals surface area contributed by atoms with Crippen LogP contribution in [0, 0.1) is 0 Å². The highest BCUT2D eigenvalue weighted by Crippen LogP contribution is 2.63. The van der Waals surface area contributed by atoms with Crippen LogP contribution < -0.4 is 21.6 Å². The Morgan fingerprint density at radius 1 is 1.43 bits per heavy atom. The number of aromatic nitrogens is 2.